The maximum Gasteiger partial charge on any atom is 0.106 e. The number of hydrogen-bond donors (Lipinski definition) is 1. The van der Waals surface area contributed by atoms with Gasteiger partial charge in [0.15, 0.2) is 0 Å². The molecule has 0 fully saturated rings. The number of nitrogens with one attached hydrogen (secondary N) is 1. The van der Waals surface area contributed by atoms with Crippen molar-refractivity contribution in [3.63, 3.8) is 0 Å². The molecule has 1 atom stereocenters. The van der Waals surface area contributed by atoms with E-state index in [1.54, 1.807) is 0 Å². The van der Waals surface area contributed by atoms with Gasteiger partial charge in [-0.3, -0.25) is 0 Å². The lowest BCUT2D eigenvalue weighted by atomic mass is 10.1. The van der Waals surface area contributed by atoms with Gasteiger partial charge in [0.05, 0.1) is 5.69 Å². The smallest absolute Gasteiger partial charge is 0.106 e. The van der Waals surface area contributed by atoms with Crippen molar-refractivity contribution in [1.29, 1.82) is 0 Å². The van der Waals surface area contributed by atoms with E-state index < -0.39 is 0 Å². The van der Waals surface area contributed by atoms with Crippen molar-refractivity contribution < 1.29 is 0 Å². The second-order valence-corrected chi connectivity index (χ2v) is 3.87. The summed E-state index contributed by atoms with van der Waals surface area (Å²) in [5.74, 6) is 1.99. The second kappa shape index (κ2) is 2.92. The third-order valence-electron chi connectivity index (χ3n) is 2.49. The average molecular weight is 164 g/mol. The van der Waals surface area contributed by atoms with Crippen LogP contribution in [0.4, 0.5) is 0 Å². The Labute approximate surface area is 73.4 Å². The van der Waals surface area contributed by atoms with Gasteiger partial charge in [0.25, 0.3) is 0 Å². The Morgan fingerprint density at radius 2 is 2.33 bits per heavy atom. The van der Waals surface area contributed by atoms with Gasteiger partial charge in [0.1, 0.15) is 5.82 Å². The number of nitrogens with zero attached hydrogens (tertiary/aromatic N) is 1. The average Bonchev–Trinajstić information content (AvgIpc) is 2.44. The molecule has 0 aromatic carbocycles. The molecule has 0 saturated heterocycles. The molecule has 0 amide bonds. The number of fused-ring (bicyclic) bond motifs is 1. The van der Waals surface area contributed by atoms with Gasteiger partial charge in [-0.1, -0.05) is 13.8 Å². The lowest BCUT2D eigenvalue weighted by molar-refractivity contribution is 0.611. The van der Waals surface area contributed by atoms with E-state index in [9.17, 15) is 0 Å². The molecule has 1 N–H and O–H groups in total. The summed E-state index contributed by atoms with van der Waals surface area (Å²) >= 11 is 0. The van der Waals surface area contributed by atoms with Gasteiger partial charge in [0, 0.05) is 12.1 Å². The van der Waals surface area contributed by atoms with Crippen LogP contribution in [0.25, 0.3) is 0 Å². The molecule has 1 aliphatic carbocycles. The van der Waals surface area contributed by atoms with Crippen molar-refractivity contribution in [1.82, 2.24) is 9.97 Å². The summed E-state index contributed by atoms with van der Waals surface area (Å²) in [5.41, 5.74) is 2.72. The van der Waals surface area contributed by atoms with Gasteiger partial charge in [-0.05, 0) is 25.2 Å². The normalized spacial score (nSPS) is 16.8. The Kier molecular flexibility index (Phi) is 1.91. The van der Waals surface area contributed by atoms with Gasteiger partial charge in [-0.15, -0.1) is 0 Å². The van der Waals surface area contributed by atoms with Crippen LogP contribution in [-0.4, -0.2) is 9.97 Å². The quantitative estimate of drug-likeness (QED) is 0.712. The van der Waals surface area contributed by atoms with Gasteiger partial charge in [0.2, 0.25) is 0 Å². The van der Waals surface area contributed by atoms with Crippen LogP contribution < -0.4 is 0 Å². The summed E-state index contributed by atoms with van der Waals surface area (Å²) in [6.07, 6.45) is 4.66. The second-order valence-electron chi connectivity index (χ2n) is 3.87. The molecule has 0 spiro atoms. The number of imidazole rings is 1. The largest absolute Gasteiger partial charge is 0.346 e. The third-order valence-corrected chi connectivity index (χ3v) is 2.49. The van der Waals surface area contributed by atoms with E-state index in [4.69, 9.17) is 0 Å². The summed E-state index contributed by atoms with van der Waals surface area (Å²) < 4.78 is 0. The zero-order valence-corrected chi connectivity index (χ0v) is 7.85. The molecule has 1 aromatic rings. The number of rotatable bonds is 2. The fraction of sp³-hybridized carbons (Fsp3) is 0.700. The molecule has 0 aliphatic heterocycles. The van der Waals surface area contributed by atoms with Crippen LogP contribution >= 0.6 is 0 Å². The Balaban J connectivity index is 2.17. The maximum absolute atomic E-state index is 4.58. The number of aryl methyl sites for hydroxylation is 1. The summed E-state index contributed by atoms with van der Waals surface area (Å²) in [7, 11) is 0. The molecule has 1 aromatic heterocycles. The first kappa shape index (κ1) is 7.84. The molecule has 0 bridgehead atoms. The highest BCUT2D eigenvalue weighted by molar-refractivity contribution is 5.21. The Bertz CT molecular complexity index is 252. The van der Waals surface area contributed by atoms with Crippen molar-refractivity contribution in [2.75, 3.05) is 0 Å². The molecular formula is C10H16N2. The Hall–Kier alpha value is -0.790. The van der Waals surface area contributed by atoms with Gasteiger partial charge in [-0.2, -0.15) is 0 Å². The van der Waals surface area contributed by atoms with Crippen LogP contribution in [0.1, 0.15) is 37.5 Å². The van der Waals surface area contributed by atoms with Crippen molar-refractivity contribution in [3.05, 3.63) is 17.2 Å². The molecule has 2 nitrogen and oxygen atoms in total. The minimum atomic E-state index is 0.800. The first-order chi connectivity index (χ1) is 5.79. The van der Waals surface area contributed by atoms with Crippen molar-refractivity contribution in [2.24, 2.45) is 5.92 Å². The molecule has 66 valence electrons. The van der Waals surface area contributed by atoms with E-state index in [1.807, 2.05) is 0 Å². The fourth-order valence-corrected chi connectivity index (χ4v) is 1.95. The molecule has 2 heteroatoms. The van der Waals surface area contributed by atoms with E-state index in [2.05, 4.69) is 23.8 Å². The lowest BCUT2D eigenvalue weighted by Crippen LogP contribution is -1.95. The molecular weight excluding hydrogens is 148 g/mol. The van der Waals surface area contributed by atoms with Crippen molar-refractivity contribution in [2.45, 2.75) is 39.5 Å². The monoisotopic (exact) mass is 164 g/mol. The van der Waals surface area contributed by atoms with Crippen LogP contribution in [0.5, 0.6) is 0 Å². The molecule has 1 heterocycles. The standard InChI is InChI=1S/C10H16N2/c1-3-4-10-11-8-5-7(2)6-9(8)12-10/h7H,3-6H2,1-2H3,(H,11,12). The minimum absolute atomic E-state index is 0.800. The maximum atomic E-state index is 4.58. The summed E-state index contributed by atoms with van der Waals surface area (Å²) in [5, 5.41) is 0. The predicted molar refractivity (Wildman–Crippen MR) is 49.2 cm³/mol. The first-order valence-corrected chi connectivity index (χ1v) is 4.86. The third kappa shape index (κ3) is 1.26. The fourth-order valence-electron chi connectivity index (χ4n) is 1.95. The molecule has 12 heavy (non-hydrogen) atoms. The van der Waals surface area contributed by atoms with Crippen LogP contribution in [-0.2, 0) is 19.3 Å². The topological polar surface area (TPSA) is 28.7 Å². The van der Waals surface area contributed by atoms with Crippen molar-refractivity contribution in [3.8, 4) is 0 Å². The first-order valence-electron chi connectivity index (χ1n) is 4.86. The van der Waals surface area contributed by atoms with E-state index in [1.165, 1.54) is 36.5 Å². The van der Waals surface area contributed by atoms with Crippen LogP contribution in [0.3, 0.4) is 0 Å². The summed E-state index contributed by atoms with van der Waals surface area (Å²) in [4.78, 5) is 7.99. The number of aromatic amines is 1. The molecule has 0 saturated carbocycles. The zero-order chi connectivity index (χ0) is 8.55. The molecule has 2 rings (SSSR count). The highest BCUT2D eigenvalue weighted by atomic mass is 14.9. The SMILES string of the molecule is CCCc1nc2c([nH]1)CC(C)C2. The van der Waals surface area contributed by atoms with E-state index in [0.717, 1.165) is 12.3 Å². The molecule has 0 radical (unpaired) electrons. The van der Waals surface area contributed by atoms with E-state index in [-0.39, 0.29) is 0 Å². The number of aromatic nitrogens is 2. The van der Waals surface area contributed by atoms with Gasteiger partial charge >= 0.3 is 0 Å². The zero-order valence-electron chi connectivity index (χ0n) is 7.85. The highest BCUT2D eigenvalue weighted by Gasteiger charge is 2.21. The van der Waals surface area contributed by atoms with Crippen LogP contribution in [0.2, 0.25) is 0 Å². The molecule has 1 unspecified atom stereocenters. The van der Waals surface area contributed by atoms with E-state index >= 15 is 0 Å². The molecule has 1 aliphatic rings. The lowest BCUT2D eigenvalue weighted by Gasteiger charge is -1.97. The summed E-state index contributed by atoms with van der Waals surface area (Å²) in [6, 6.07) is 0. The van der Waals surface area contributed by atoms with Crippen LogP contribution in [0.15, 0.2) is 0 Å². The Morgan fingerprint density at radius 1 is 1.50 bits per heavy atom. The number of hydrogen-bond acceptors (Lipinski definition) is 1. The Morgan fingerprint density at radius 3 is 3.00 bits per heavy atom. The van der Waals surface area contributed by atoms with Crippen molar-refractivity contribution >= 4 is 0 Å². The van der Waals surface area contributed by atoms with Gasteiger partial charge in [-0.25, -0.2) is 4.98 Å². The highest BCUT2D eigenvalue weighted by Crippen LogP contribution is 2.24. The predicted octanol–water partition coefficient (Wildman–Crippen LogP) is 2.10. The van der Waals surface area contributed by atoms with E-state index in [0.29, 0.717) is 0 Å². The number of H-pyrrole nitrogens is 1. The minimum Gasteiger partial charge on any atom is -0.346 e. The van der Waals surface area contributed by atoms with Crippen LogP contribution in [0, 0.1) is 5.92 Å². The van der Waals surface area contributed by atoms with Gasteiger partial charge < -0.3 is 4.98 Å². The summed E-state index contributed by atoms with van der Waals surface area (Å²) in [6.45, 7) is 4.48.